The van der Waals surface area contributed by atoms with Crippen LogP contribution in [0.2, 0.25) is 0 Å². The molecule has 0 bridgehead atoms. The van der Waals surface area contributed by atoms with E-state index in [4.69, 9.17) is 9.78 Å². The summed E-state index contributed by atoms with van der Waals surface area (Å²) in [6.45, 7) is 27.9. The number of fused-ring (bicyclic) bond motifs is 7. The van der Waals surface area contributed by atoms with Gasteiger partial charge in [-0.25, -0.2) is 9.78 Å². The van der Waals surface area contributed by atoms with Crippen LogP contribution in [0.3, 0.4) is 0 Å². The van der Waals surface area contributed by atoms with Gasteiger partial charge in [-0.1, -0.05) is 77.1 Å². The van der Waals surface area contributed by atoms with E-state index >= 15 is 0 Å². The Morgan fingerprint density at radius 1 is 0.917 bits per heavy atom. The summed E-state index contributed by atoms with van der Waals surface area (Å²) >= 11 is 0. The van der Waals surface area contributed by atoms with Gasteiger partial charge in [-0.15, -0.1) is 0 Å². The zero-order chi connectivity index (χ0) is 34.0. The maximum atomic E-state index is 5.20. The van der Waals surface area contributed by atoms with E-state index in [0.29, 0.717) is 40.2 Å². The van der Waals surface area contributed by atoms with E-state index in [1.807, 2.05) is 0 Å². The number of hydrogen-bond donors (Lipinski definition) is 2. The Morgan fingerprint density at radius 2 is 1.67 bits per heavy atom. The van der Waals surface area contributed by atoms with E-state index in [1.165, 1.54) is 88.6 Å². The number of allylic oxidation sites excluding steroid dienone is 3. The highest BCUT2D eigenvalue weighted by atomic mass is 17.2. The SMILES string of the molecule is C=C(C)[C@@H]1CC[C@]2(NCCN3CCNCC3)CC[C@]3(C)[C@H](CC[C@@H]4[C@@]5(C)CC=C(c6ccc(COOC)cc6)C(C)(C)[C@@H]5CC[C@]43C)[C@@H]12. The van der Waals surface area contributed by atoms with Crippen LogP contribution < -0.4 is 10.6 Å². The molecule has 5 aliphatic carbocycles. The number of nitrogens with one attached hydrogen (secondary N) is 2. The lowest BCUT2D eigenvalue weighted by Crippen LogP contribution is -2.68. The van der Waals surface area contributed by atoms with Crippen LogP contribution in [0, 0.1) is 51.2 Å². The summed E-state index contributed by atoms with van der Waals surface area (Å²) in [5.41, 5.74) is 7.06. The van der Waals surface area contributed by atoms with E-state index in [2.05, 4.69) is 94.0 Å². The van der Waals surface area contributed by atoms with Crippen LogP contribution in [0.15, 0.2) is 42.5 Å². The minimum atomic E-state index is 0.142. The van der Waals surface area contributed by atoms with Gasteiger partial charge in [0.25, 0.3) is 0 Å². The molecule has 7 rings (SSSR count). The van der Waals surface area contributed by atoms with Crippen LogP contribution in [0.4, 0.5) is 0 Å². The first-order valence-corrected chi connectivity index (χ1v) is 19.7. The molecule has 5 fully saturated rings. The Morgan fingerprint density at radius 3 is 2.38 bits per heavy atom. The normalized spacial score (nSPS) is 42.2. The first-order chi connectivity index (χ1) is 22.9. The molecule has 9 atom stereocenters. The fraction of sp³-hybridized carbons (Fsp3) is 0.767. The third-order valence-corrected chi connectivity index (χ3v) is 16.4. The standard InChI is InChI=1S/C43H67N3O2/c1-30(2)33-15-20-43(45-25-28-46-26-23-44-24-27-46)22-21-41(6)35(38(33)43)13-14-37-40(5)18-16-34(32-11-9-31(10-12-32)29-48-47-8)39(3,4)36(40)17-19-42(37,41)7/h9-12,16,33,35-38,44-45H,1,13-15,17-29H2,2-8H3/t33-,35+,36-,37+,38+,40-,41+,42+,43-/m0/s1. The van der Waals surface area contributed by atoms with Crippen LogP contribution in [-0.2, 0) is 16.4 Å². The van der Waals surface area contributed by atoms with Crippen molar-refractivity contribution < 1.29 is 9.78 Å². The summed E-state index contributed by atoms with van der Waals surface area (Å²) in [6.07, 6.45) is 14.8. The van der Waals surface area contributed by atoms with Crippen molar-refractivity contribution in [1.82, 2.24) is 15.5 Å². The molecule has 1 heterocycles. The largest absolute Gasteiger partial charge is 0.314 e. The quantitative estimate of drug-likeness (QED) is 0.158. The number of hydrogen-bond acceptors (Lipinski definition) is 5. The molecule has 6 aliphatic rings. The summed E-state index contributed by atoms with van der Waals surface area (Å²) in [6, 6.07) is 9.05. The first kappa shape index (κ1) is 34.9. The molecule has 2 N–H and O–H groups in total. The van der Waals surface area contributed by atoms with Crippen LogP contribution in [0.1, 0.15) is 110 Å². The Hall–Kier alpha value is -1.50. The van der Waals surface area contributed by atoms with E-state index < -0.39 is 0 Å². The Labute approximate surface area is 293 Å². The second kappa shape index (κ2) is 12.9. The summed E-state index contributed by atoms with van der Waals surface area (Å²) in [7, 11) is 1.57. The second-order valence-electron chi connectivity index (χ2n) is 18.5. The molecule has 5 heteroatoms. The molecule has 0 spiro atoms. The predicted octanol–water partition coefficient (Wildman–Crippen LogP) is 8.66. The van der Waals surface area contributed by atoms with Gasteiger partial charge in [0.1, 0.15) is 6.61 Å². The van der Waals surface area contributed by atoms with Gasteiger partial charge in [-0.3, -0.25) is 4.90 Å². The van der Waals surface area contributed by atoms with Crippen molar-refractivity contribution in [3.8, 4) is 0 Å². The number of nitrogens with zero attached hydrogens (tertiary/aromatic N) is 1. The highest BCUT2D eigenvalue weighted by molar-refractivity contribution is 5.71. The van der Waals surface area contributed by atoms with Gasteiger partial charge in [0, 0.05) is 44.8 Å². The first-order valence-electron chi connectivity index (χ1n) is 19.7. The van der Waals surface area contributed by atoms with Crippen molar-refractivity contribution in [3.63, 3.8) is 0 Å². The lowest BCUT2D eigenvalue weighted by Gasteiger charge is -2.72. The molecule has 0 radical (unpaired) electrons. The van der Waals surface area contributed by atoms with Gasteiger partial charge < -0.3 is 10.6 Å². The summed E-state index contributed by atoms with van der Waals surface area (Å²) in [5.74, 6) is 3.65. The lowest BCUT2D eigenvalue weighted by atomic mass is 9.33. The maximum absolute atomic E-state index is 5.20. The molecular formula is C43H67N3O2. The molecule has 0 amide bonds. The molecule has 1 aliphatic heterocycles. The maximum Gasteiger partial charge on any atom is 0.107 e. The average molecular weight is 658 g/mol. The van der Waals surface area contributed by atoms with E-state index in [0.717, 1.165) is 43.0 Å². The number of rotatable bonds is 9. The van der Waals surface area contributed by atoms with Crippen molar-refractivity contribution in [1.29, 1.82) is 0 Å². The molecule has 1 aromatic carbocycles. The fourth-order valence-electron chi connectivity index (χ4n) is 13.9. The zero-order valence-corrected chi connectivity index (χ0v) is 31.6. The molecule has 5 nitrogen and oxygen atoms in total. The lowest BCUT2D eigenvalue weighted by molar-refractivity contribution is -0.282. The smallest absolute Gasteiger partial charge is 0.107 e. The minimum absolute atomic E-state index is 0.142. The van der Waals surface area contributed by atoms with Gasteiger partial charge >= 0.3 is 0 Å². The van der Waals surface area contributed by atoms with Gasteiger partial charge in [0.05, 0.1) is 7.11 Å². The van der Waals surface area contributed by atoms with E-state index in [1.54, 1.807) is 12.7 Å². The van der Waals surface area contributed by atoms with E-state index in [-0.39, 0.29) is 5.41 Å². The third-order valence-electron chi connectivity index (χ3n) is 16.4. The molecule has 0 unspecified atom stereocenters. The minimum Gasteiger partial charge on any atom is -0.314 e. The number of benzene rings is 1. The molecule has 266 valence electrons. The van der Waals surface area contributed by atoms with Crippen LogP contribution in [0.5, 0.6) is 0 Å². The Bertz CT molecular complexity index is 1360. The zero-order valence-electron chi connectivity index (χ0n) is 31.6. The van der Waals surface area contributed by atoms with Crippen molar-refractivity contribution >= 4 is 5.57 Å². The monoisotopic (exact) mass is 658 g/mol. The van der Waals surface area contributed by atoms with Crippen molar-refractivity contribution in [3.05, 3.63) is 53.6 Å². The molecule has 48 heavy (non-hydrogen) atoms. The molecule has 0 aromatic heterocycles. The predicted molar refractivity (Wildman–Crippen MR) is 198 cm³/mol. The van der Waals surface area contributed by atoms with Crippen LogP contribution >= 0.6 is 0 Å². The van der Waals surface area contributed by atoms with Crippen LogP contribution in [-0.4, -0.2) is 56.8 Å². The summed E-state index contributed by atoms with van der Waals surface area (Å²) in [4.78, 5) is 12.7. The van der Waals surface area contributed by atoms with Gasteiger partial charge in [0.2, 0.25) is 0 Å². The van der Waals surface area contributed by atoms with Crippen molar-refractivity contribution in [2.75, 3.05) is 46.4 Å². The average Bonchev–Trinajstić information content (AvgIpc) is 3.45. The van der Waals surface area contributed by atoms with E-state index in [9.17, 15) is 0 Å². The van der Waals surface area contributed by atoms with Crippen molar-refractivity contribution in [2.24, 2.45) is 51.2 Å². The van der Waals surface area contributed by atoms with Gasteiger partial charge in [-0.05, 0) is 133 Å². The summed E-state index contributed by atoms with van der Waals surface area (Å²) < 4.78 is 0. The highest BCUT2D eigenvalue weighted by Gasteiger charge is 2.70. The Balaban J connectivity index is 1.15. The molecule has 1 saturated heterocycles. The number of piperazine rings is 1. The summed E-state index contributed by atoms with van der Waals surface area (Å²) in [5, 5.41) is 7.87. The fourth-order valence-corrected chi connectivity index (χ4v) is 13.9. The second-order valence-corrected chi connectivity index (χ2v) is 18.5. The van der Waals surface area contributed by atoms with Gasteiger partial charge in [-0.2, -0.15) is 0 Å². The molecule has 1 aromatic rings. The molecule has 4 saturated carbocycles. The topological polar surface area (TPSA) is 45.8 Å². The van der Waals surface area contributed by atoms with Crippen molar-refractivity contribution in [2.45, 2.75) is 111 Å². The highest BCUT2D eigenvalue weighted by Crippen LogP contribution is 2.76. The van der Waals surface area contributed by atoms with Crippen LogP contribution in [0.25, 0.3) is 5.57 Å². The molecular weight excluding hydrogens is 590 g/mol. The third kappa shape index (κ3) is 5.43. The van der Waals surface area contributed by atoms with Gasteiger partial charge in [0.15, 0.2) is 0 Å². The Kier molecular flexibility index (Phi) is 9.40.